The molecule has 0 spiro atoms. The van der Waals surface area contributed by atoms with Crippen LogP contribution in [0.1, 0.15) is 35.8 Å². The molecule has 3 rings (SSSR count). The quantitative estimate of drug-likeness (QED) is 0.618. The normalized spacial score (nSPS) is 27.4. The second kappa shape index (κ2) is 4.04. The predicted molar refractivity (Wildman–Crippen MR) is 62.4 cm³/mol. The molecule has 0 N–H and O–H groups in total. The molecular weight excluding hydrogens is 275 g/mol. The van der Waals surface area contributed by atoms with Crippen molar-refractivity contribution in [2.45, 2.75) is 30.9 Å². The smallest absolute Gasteiger partial charge is 0.289 e. The lowest BCUT2D eigenvalue weighted by molar-refractivity contribution is -0.384. The predicted octanol–water partition coefficient (Wildman–Crippen LogP) is 3.32. The summed E-state index contributed by atoms with van der Waals surface area (Å²) in [7, 11) is 0. The van der Waals surface area contributed by atoms with Crippen LogP contribution in [-0.4, -0.2) is 16.9 Å². The summed E-state index contributed by atoms with van der Waals surface area (Å²) >= 11 is 0. The van der Waals surface area contributed by atoms with Crippen molar-refractivity contribution in [3.05, 3.63) is 39.4 Å². The Balaban J connectivity index is 2.02. The third-order valence-corrected chi connectivity index (χ3v) is 4.32. The van der Waals surface area contributed by atoms with Gasteiger partial charge in [0, 0.05) is 18.1 Å². The molecule has 0 radical (unpaired) electrons. The number of ketones is 1. The van der Waals surface area contributed by atoms with Gasteiger partial charge in [0.25, 0.3) is 5.69 Å². The van der Waals surface area contributed by atoms with Crippen molar-refractivity contribution in [2.24, 2.45) is 5.92 Å². The van der Waals surface area contributed by atoms with E-state index in [0.717, 1.165) is 0 Å². The monoisotopic (exact) mass is 285 g/mol. The standard InChI is InChI=1S/C13H10F3NO3/c14-13(15,16)12(18)11-8-3-4-9(11)10-5-6(17(19)20)1-2-7(8)10/h1-2,5,8-9,11H,3-4H2/t8-,9+,11+/m0/s1. The Morgan fingerprint density at radius 2 is 1.80 bits per heavy atom. The molecule has 0 aromatic heterocycles. The summed E-state index contributed by atoms with van der Waals surface area (Å²) in [6, 6.07) is 4.10. The van der Waals surface area contributed by atoms with Crippen molar-refractivity contribution in [3.63, 3.8) is 0 Å². The fourth-order valence-electron chi connectivity index (χ4n) is 3.59. The fourth-order valence-corrected chi connectivity index (χ4v) is 3.59. The van der Waals surface area contributed by atoms with Crippen LogP contribution >= 0.6 is 0 Å². The molecule has 106 valence electrons. The van der Waals surface area contributed by atoms with E-state index in [1.165, 1.54) is 18.2 Å². The van der Waals surface area contributed by atoms with Gasteiger partial charge < -0.3 is 0 Å². The van der Waals surface area contributed by atoms with Gasteiger partial charge in [-0.25, -0.2) is 0 Å². The fraction of sp³-hybridized carbons (Fsp3) is 0.462. The number of benzene rings is 1. The van der Waals surface area contributed by atoms with E-state index in [-0.39, 0.29) is 5.69 Å². The van der Waals surface area contributed by atoms with Crippen molar-refractivity contribution in [3.8, 4) is 0 Å². The van der Waals surface area contributed by atoms with Gasteiger partial charge in [-0.05, 0) is 35.8 Å². The number of hydrogen-bond donors (Lipinski definition) is 0. The van der Waals surface area contributed by atoms with Crippen LogP contribution in [0.25, 0.3) is 0 Å². The van der Waals surface area contributed by atoms with Gasteiger partial charge in [-0.3, -0.25) is 14.9 Å². The Labute approximate surface area is 111 Å². The minimum Gasteiger partial charge on any atom is -0.289 e. The van der Waals surface area contributed by atoms with Crippen LogP contribution in [0.3, 0.4) is 0 Å². The number of halogens is 3. The zero-order valence-corrected chi connectivity index (χ0v) is 10.2. The molecule has 20 heavy (non-hydrogen) atoms. The second-order valence-electron chi connectivity index (χ2n) is 5.25. The summed E-state index contributed by atoms with van der Waals surface area (Å²) in [5.74, 6) is -3.80. The largest absolute Gasteiger partial charge is 0.450 e. The highest BCUT2D eigenvalue weighted by Crippen LogP contribution is 2.59. The van der Waals surface area contributed by atoms with Gasteiger partial charge in [-0.2, -0.15) is 13.2 Å². The van der Waals surface area contributed by atoms with Crippen molar-refractivity contribution < 1.29 is 22.9 Å². The number of carbonyl (C=O) groups excluding carboxylic acids is 1. The third kappa shape index (κ3) is 1.72. The molecule has 7 heteroatoms. The molecule has 2 aliphatic rings. The van der Waals surface area contributed by atoms with E-state index in [0.29, 0.717) is 24.0 Å². The van der Waals surface area contributed by atoms with Gasteiger partial charge in [0.2, 0.25) is 5.78 Å². The number of fused-ring (bicyclic) bond motifs is 5. The number of rotatable bonds is 2. The van der Waals surface area contributed by atoms with E-state index in [4.69, 9.17) is 0 Å². The molecule has 0 unspecified atom stereocenters. The molecule has 1 aromatic carbocycles. The van der Waals surface area contributed by atoms with E-state index >= 15 is 0 Å². The van der Waals surface area contributed by atoms with Crippen LogP contribution < -0.4 is 0 Å². The molecule has 2 aliphatic carbocycles. The lowest BCUT2D eigenvalue weighted by Crippen LogP contribution is -2.32. The van der Waals surface area contributed by atoms with E-state index in [1.54, 1.807) is 0 Å². The van der Waals surface area contributed by atoms with Gasteiger partial charge in [0.15, 0.2) is 0 Å². The summed E-state index contributed by atoms with van der Waals surface area (Å²) < 4.78 is 37.9. The van der Waals surface area contributed by atoms with Crippen LogP contribution in [0.15, 0.2) is 18.2 Å². The first-order valence-electron chi connectivity index (χ1n) is 6.20. The Morgan fingerprint density at radius 3 is 2.35 bits per heavy atom. The van der Waals surface area contributed by atoms with Crippen LogP contribution in [0.5, 0.6) is 0 Å². The maximum Gasteiger partial charge on any atom is 0.450 e. The number of Topliss-reactive ketones (excluding diaryl/α,β-unsaturated/α-hetero) is 1. The molecule has 2 bridgehead atoms. The van der Waals surface area contributed by atoms with Crippen molar-refractivity contribution in [1.29, 1.82) is 0 Å². The molecule has 1 saturated carbocycles. The molecule has 0 heterocycles. The number of nitro groups is 1. The maximum atomic E-state index is 12.6. The van der Waals surface area contributed by atoms with E-state index in [2.05, 4.69) is 0 Å². The van der Waals surface area contributed by atoms with E-state index in [1.807, 2.05) is 0 Å². The summed E-state index contributed by atoms with van der Waals surface area (Å²) in [6.07, 6.45) is -3.84. The summed E-state index contributed by atoms with van der Waals surface area (Å²) in [5.41, 5.74) is 1.06. The molecule has 1 aromatic rings. The van der Waals surface area contributed by atoms with Crippen molar-refractivity contribution in [2.75, 3.05) is 0 Å². The Bertz CT molecular complexity index is 611. The Morgan fingerprint density at radius 1 is 1.20 bits per heavy atom. The number of hydrogen-bond acceptors (Lipinski definition) is 3. The molecule has 0 amide bonds. The highest BCUT2D eigenvalue weighted by atomic mass is 19.4. The number of non-ortho nitro benzene ring substituents is 1. The van der Waals surface area contributed by atoms with Gasteiger partial charge in [0.05, 0.1) is 4.92 Å². The summed E-state index contributed by atoms with van der Waals surface area (Å²) in [4.78, 5) is 21.7. The average molecular weight is 285 g/mol. The highest BCUT2D eigenvalue weighted by molar-refractivity contribution is 5.89. The lowest BCUT2D eigenvalue weighted by Gasteiger charge is -2.16. The van der Waals surface area contributed by atoms with E-state index < -0.39 is 34.6 Å². The first-order chi connectivity index (χ1) is 9.30. The number of carbonyl (C=O) groups is 1. The van der Waals surface area contributed by atoms with Crippen LogP contribution in [0.4, 0.5) is 18.9 Å². The topological polar surface area (TPSA) is 60.2 Å². The van der Waals surface area contributed by atoms with Gasteiger partial charge in [-0.1, -0.05) is 6.07 Å². The number of alkyl halides is 3. The molecule has 1 fully saturated rings. The molecular formula is C13H10F3NO3. The third-order valence-electron chi connectivity index (χ3n) is 4.32. The summed E-state index contributed by atoms with van der Waals surface area (Å²) in [5, 5.41) is 10.7. The molecule has 0 aliphatic heterocycles. The SMILES string of the molecule is O=C([C@H]1[C@@H]2CC[C@H]1c1ccc([N+](=O)[O-])cc12)C(F)(F)F. The second-order valence-corrected chi connectivity index (χ2v) is 5.25. The molecule has 3 atom stereocenters. The first-order valence-corrected chi connectivity index (χ1v) is 6.20. The minimum atomic E-state index is -4.85. The molecule has 0 saturated heterocycles. The van der Waals surface area contributed by atoms with Gasteiger partial charge in [-0.15, -0.1) is 0 Å². The zero-order chi connectivity index (χ0) is 14.7. The van der Waals surface area contributed by atoms with Gasteiger partial charge >= 0.3 is 6.18 Å². The van der Waals surface area contributed by atoms with Crippen LogP contribution in [0, 0.1) is 16.0 Å². The Hall–Kier alpha value is -1.92. The van der Waals surface area contributed by atoms with Gasteiger partial charge in [0.1, 0.15) is 0 Å². The first kappa shape index (κ1) is 13.1. The van der Waals surface area contributed by atoms with E-state index in [9.17, 15) is 28.1 Å². The van der Waals surface area contributed by atoms with Crippen LogP contribution in [-0.2, 0) is 4.79 Å². The lowest BCUT2D eigenvalue weighted by atomic mass is 9.90. The average Bonchev–Trinajstić information content (AvgIpc) is 2.92. The van der Waals surface area contributed by atoms with Crippen molar-refractivity contribution >= 4 is 11.5 Å². The summed E-state index contributed by atoms with van der Waals surface area (Å²) in [6.45, 7) is 0. The maximum absolute atomic E-state index is 12.6. The minimum absolute atomic E-state index is 0.144. The zero-order valence-electron chi connectivity index (χ0n) is 10.2. The number of nitrogens with zero attached hydrogens (tertiary/aromatic N) is 1. The Kier molecular flexibility index (Phi) is 2.64. The number of nitro benzene ring substituents is 1. The molecule has 4 nitrogen and oxygen atoms in total. The van der Waals surface area contributed by atoms with Crippen LogP contribution in [0.2, 0.25) is 0 Å². The highest BCUT2D eigenvalue weighted by Gasteiger charge is 2.56. The van der Waals surface area contributed by atoms with Crippen molar-refractivity contribution in [1.82, 2.24) is 0 Å².